The van der Waals surface area contributed by atoms with E-state index in [0.29, 0.717) is 6.54 Å². The van der Waals surface area contributed by atoms with Crippen molar-refractivity contribution in [2.24, 2.45) is 0 Å². The third-order valence-electron chi connectivity index (χ3n) is 2.94. The zero-order valence-electron chi connectivity index (χ0n) is 11.8. The molecule has 108 valence electrons. The smallest absolute Gasteiger partial charge is 0.248 e. The number of carbonyl (C=O) groups excluding carboxylic acids is 1. The summed E-state index contributed by atoms with van der Waals surface area (Å²) in [6.07, 6.45) is 3.08. The van der Waals surface area contributed by atoms with Gasteiger partial charge in [0.1, 0.15) is 5.82 Å². The largest absolute Gasteiger partial charge is 0.322 e. The molecule has 0 bridgehead atoms. The molecule has 0 aromatic heterocycles. The summed E-state index contributed by atoms with van der Waals surface area (Å²) in [6.45, 7) is 0.679. The lowest BCUT2D eigenvalue weighted by Gasteiger charge is -2.09. The average Bonchev–Trinajstić information content (AvgIpc) is 2.49. The van der Waals surface area contributed by atoms with Crippen molar-refractivity contribution in [2.75, 3.05) is 12.4 Å². The van der Waals surface area contributed by atoms with Gasteiger partial charge in [0, 0.05) is 18.3 Å². The highest BCUT2D eigenvalue weighted by atomic mass is 19.1. The molecule has 0 saturated heterocycles. The van der Waals surface area contributed by atoms with Crippen LogP contribution >= 0.6 is 0 Å². The van der Waals surface area contributed by atoms with Crippen LogP contribution in [0.25, 0.3) is 6.08 Å². The number of para-hydroxylation sites is 1. The molecule has 4 heteroatoms. The number of benzene rings is 2. The molecule has 0 atom stereocenters. The number of rotatable bonds is 5. The first-order valence-corrected chi connectivity index (χ1v) is 6.66. The van der Waals surface area contributed by atoms with Crippen LogP contribution in [0.2, 0.25) is 0 Å². The number of halogens is 1. The summed E-state index contributed by atoms with van der Waals surface area (Å²) < 4.78 is 12.8. The second-order valence-corrected chi connectivity index (χ2v) is 4.56. The van der Waals surface area contributed by atoms with Gasteiger partial charge < -0.3 is 10.6 Å². The molecule has 0 radical (unpaired) electrons. The number of hydrogen-bond donors (Lipinski definition) is 2. The van der Waals surface area contributed by atoms with Gasteiger partial charge >= 0.3 is 0 Å². The maximum Gasteiger partial charge on any atom is 0.248 e. The van der Waals surface area contributed by atoms with Gasteiger partial charge in [0.25, 0.3) is 0 Å². The van der Waals surface area contributed by atoms with Crippen LogP contribution in [0.4, 0.5) is 10.1 Å². The second kappa shape index (κ2) is 7.36. The third kappa shape index (κ3) is 4.54. The molecule has 0 heterocycles. The fraction of sp³-hybridized carbons (Fsp3) is 0.118. The van der Waals surface area contributed by atoms with E-state index in [-0.39, 0.29) is 11.7 Å². The molecule has 2 aromatic carbocycles. The van der Waals surface area contributed by atoms with E-state index in [1.807, 2.05) is 31.3 Å². The standard InChI is InChI=1S/C17H17FN2O/c1-19-12-14-4-2-3-5-16(14)20-17(21)11-8-13-6-9-15(18)10-7-13/h2-11,19H,12H2,1H3,(H,20,21)/b11-8+. The topological polar surface area (TPSA) is 41.1 Å². The Labute approximate surface area is 123 Å². The fourth-order valence-electron chi connectivity index (χ4n) is 1.91. The van der Waals surface area contributed by atoms with Gasteiger partial charge in [0.15, 0.2) is 0 Å². The molecule has 0 aliphatic rings. The minimum absolute atomic E-state index is 0.220. The summed E-state index contributed by atoms with van der Waals surface area (Å²) in [5, 5.41) is 5.89. The van der Waals surface area contributed by atoms with E-state index in [4.69, 9.17) is 0 Å². The quantitative estimate of drug-likeness (QED) is 0.828. The van der Waals surface area contributed by atoms with E-state index in [0.717, 1.165) is 16.8 Å². The maximum atomic E-state index is 12.8. The highest BCUT2D eigenvalue weighted by Gasteiger charge is 2.03. The van der Waals surface area contributed by atoms with Crippen molar-refractivity contribution in [3.05, 3.63) is 71.6 Å². The van der Waals surface area contributed by atoms with Gasteiger partial charge in [-0.25, -0.2) is 4.39 Å². The Morgan fingerprint density at radius 1 is 1.14 bits per heavy atom. The first-order valence-electron chi connectivity index (χ1n) is 6.66. The molecule has 0 aliphatic carbocycles. The van der Waals surface area contributed by atoms with Gasteiger partial charge in [-0.3, -0.25) is 4.79 Å². The highest BCUT2D eigenvalue weighted by Crippen LogP contribution is 2.14. The lowest BCUT2D eigenvalue weighted by molar-refractivity contribution is -0.111. The zero-order chi connectivity index (χ0) is 15.1. The van der Waals surface area contributed by atoms with Crippen molar-refractivity contribution >= 4 is 17.7 Å². The molecule has 0 saturated carbocycles. The molecule has 21 heavy (non-hydrogen) atoms. The predicted molar refractivity (Wildman–Crippen MR) is 83.3 cm³/mol. The number of carbonyl (C=O) groups is 1. The molecule has 2 aromatic rings. The fourth-order valence-corrected chi connectivity index (χ4v) is 1.91. The van der Waals surface area contributed by atoms with Crippen molar-refractivity contribution in [1.82, 2.24) is 5.32 Å². The van der Waals surface area contributed by atoms with Gasteiger partial charge in [0.05, 0.1) is 0 Å². The summed E-state index contributed by atoms with van der Waals surface area (Å²) in [7, 11) is 1.85. The normalized spacial score (nSPS) is 10.8. The Morgan fingerprint density at radius 3 is 2.57 bits per heavy atom. The van der Waals surface area contributed by atoms with Crippen molar-refractivity contribution in [1.29, 1.82) is 0 Å². The lowest BCUT2D eigenvalue weighted by Crippen LogP contribution is -2.13. The zero-order valence-corrected chi connectivity index (χ0v) is 11.8. The summed E-state index contributed by atoms with van der Waals surface area (Å²) in [4.78, 5) is 11.9. The Morgan fingerprint density at radius 2 is 1.86 bits per heavy atom. The van der Waals surface area contributed by atoms with Gasteiger partial charge in [-0.15, -0.1) is 0 Å². The average molecular weight is 284 g/mol. The molecule has 3 nitrogen and oxygen atoms in total. The van der Waals surface area contributed by atoms with E-state index in [9.17, 15) is 9.18 Å². The molecule has 0 unspecified atom stereocenters. The van der Waals surface area contributed by atoms with Crippen molar-refractivity contribution in [3.8, 4) is 0 Å². The summed E-state index contributed by atoms with van der Waals surface area (Å²) in [6, 6.07) is 13.6. The molecular weight excluding hydrogens is 267 g/mol. The Kier molecular flexibility index (Phi) is 5.23. The van der Waals surface area contributed by atoms with Crippen molar-refractivity contribution in [2.45, 2.75) is 6.54 Å². The van der Waals surface area contributed by atoms with E-state index in [1.54, 1.807) is 18.2 Å². The van der Waals surface area contributed by atoms with Crippen LogP contribution in [0, 0.1) is 5.82 Å². The van der Waals surface area contributed by atoms with E-state index >= 15 is 0 Å². The van der Waals surface area contributed by atoms with E-state index in [2.05, 4.69) is 10.6 Å². The van der Waals surface area contributed by atoms with Crippen LogP contribution in [0.5, 0.6) is 0 Å². The van der Waals surface area contributed by atoms with Gasteiger partial charge in [0.2, 0.25) is 5.91 Å². The number of amides is 1. The van der Waals surface area contributed by atoms with E-state index in [1.165, 1.54) is 18.2 Å². The van der Waals surface area contributed by atoms with Gasteiger partial charge in [-0.1, -0.05) is 30.3 Å². The maximum absolute atomic E-state index is 12.8. The molecule has 0 fully saturated rings. The first kappa shape index (κ1) is 14.9. The second-order valence-electron chi connectivity index (χ2n) is 4.56. The molecule has 1 amide bonds. The van der Waals surface area contributed by atoms with Crippen LogP contribution in [0.15, 0.2) is 54.6 Å². The Balaban J connectivity index is 2.03. The van der Waals surface area contributed by atoms with Gasteiger partial charge in [-0.2, -0.15) is 0 Å². The molecule has 2 rings (SSSR count). The molecule has 2 N–H and O–H groups in total. The summed E-state index contributed by atoms with van der Waals surface area (Å²) in [5.74, 6) is -0.513. The van der Waals surface area contributed by atoms with Crippen LogP contribution in [-0.2, 0) is 11.3 Å². The molecule has 0 aliphatic heterocycles. The highest BCUT2D eigenvalue weighted by molar-refractivity contribution is 6.02. The van der Waals surface area contributed by atoms with Crippen LogP contribution in [0.3, 0.4) is 0 Å². The third-order valence-corrected chi connectivity index (χ3v) is 2.94. The van der Waals surface area contributed by atoms with Crippen molar-refractivity contribution in [3.63, 3.8) is 0 Å². The monoisotopic (exact) mass is 284 g/mol. The SMILES string of the molecule is CNCc1ccccc1NC(=O)/C=C/c1ccc(F)cc1. The van der Waals surface area contributed by atoms with Crippen LogP contribution in [0.1, 0.15) is 11.1 Å². The van der Waals surface area contributed by atoms with Gasteiger partial charge in [-0.05, 0) is 42.4 Å². The molecular formula is C17H17FN2O. The first-order chi connectivity index (χ1) is 10.2. The summed E-state index contributed by atoms with van der Waals surface area (Å²) in [5.41, 5.74) is 2.57. The van der Waals surface area contributed by atoms with Crippen LogP contribution in [-0.4, -0.2) is 13.0 Å². The molecule has 0 spiro atoms. The van der Waals surface area contributed by atoms with E-state index < -0.39 is 0 Å². The van der Waals surface area contributed by atoms with Crippen LogP contribution < -0.4 is 10.6 Å². The minimum atomic E-state index is -0.294. The summed E-state index contributed by atoms with van der Waals surface area (Å²) >= 11 is 0. The lowest BCUT2D eigenvalue weighted by atomic mass is 10.1. The predicted octanol–water partition coefficient (Wildman–Crippen LogP) is 3.20. The Hall–Kier alpha value is -2.46. The number of nitrogens with one attached hydrogen (secondary N) is 2. The minimum Gasteiger partial charge on any atom is -0.322 e. The number of hydrogen-bond acceptors (Lipinski definition) is 2. The van der Waals surface area contributed by atoms with Crippen molar-refractivity contribution < 1.29 is 9.18 Å². The Bertz CT molecular complexity index is 635. The number of anilines is 1.